The minimum atomic E-state index is -0.0310. The first kappa shape index (κ1) is 15.8. The van der Waals surface area contributed by atoms with Gasteiger partial charge in [-0.15, -0.1) is 0 Å². The van der Waals surface area contributed by atoms with Crippen LogP contribution in [0, 0.1) is 0 Å². The molecule has 0 spiro atoms. The van der Waals surface area contributed by atoms with Crippen molar-refractivity contribution in [1.82, 2.24) is 0 Å². The Kier molecular flexibility index (Phi) is 4.62. The van der Waals surface area contributed by atoms with E-state index in [0.29, 0.717) is 5.56 Å². The minimum absolute atomic E-state index is 0.0310. The van der Waals surface area contributed by atoms with Gasteiger partial charge in [0, 0.05) is 18.3 Å². The first-order valence-corrected chi connectivity index (χ1v) is 7.76. The summed E-state index contributed by atoms with van der Waals surface area (Å²) in [6.45, 7) is 0. The van der Waals surface area contributed by atoms with E-state index >= 15 is 0 Å². The lowest BCUT2D eigenvalue weighted by atomic mass is 10.0. The van der Waals surface area contributed by atoms with E-state index in [1.807, 2.05) is 78.9 Å². The van der Waals surface area contributed by atoms with Crippen molar-refractivity contribution in [2.75, 3.05) is 19.1 Å². The van der Waals surface area contributed by atoms with Crippen LogP contribution >= 0.6 is 0 Å². The Bertz CT molecular complexity index is 826. The van der Waals surface area contributed by atoms with E-state index in [1.165, 1.54) is 0 Å². The molecule has 0 aliphatic heterocycles. The molecule has 0 aromatic heterocycles. The zero-order valence-corrected chi connectivity index (χ0v) is 13.8. The van der Waals surface area contributed by atoms with Gasteiger partial charge in [-0.3, -0.25) is 4.79 Å². The second kappa shape index (κ2) is 7.01. The number of nitrogens with zero attached hydrogens (tertiary/aromatic N) is 1. The number of rotatable bonds is 4. The summed E-state index contributed by atoms with van der Waals surface area (Å²) in [5, 5.41) is 0. The van der Waals surface area contributed by atoms with E-state index in [2.05, 4.69) is 0 Å². The molecule has 0 aliphatic carbocycles. The molecule has 3 aromatic rings. The van der Waals surface area contributed by atoms with E-state index in [0.717, 1.165) is 22.6 Å². The van der Waals surface area contributed by atoms with Crippen LogP contribution in [-0.4, -0.2) is 20.1 Å². The topological polar surface area (TPSA) is 29.5 Å². The third-order valence-corrected chi connectivity index (χ3v) is 3.98. The molecule has 24 heavy (non-hydrogen) atoms. The van der Waals surface area contributed by atoms with Crippen LogP contribution in [0.25, 0.3) is 11.1 Å². The Labute approximate surface area is 142 Å². The van der Waals surface area contributed by atoms with Crippen molar-refractivity contribution in [3.63, 3.8) is 0 Å². The molecule has 0 saturated heterocycles. The van der Waals surface area contributed by atoms with Crippen molar-refractivity contribution < 1.29 is 9.53 Å². The van der Waals surface area contributed by atoms with E-state index in [1.54, 1.807) is 19.1 Å². The molecule has 3 heteroatoms. The molecule has 0 heterocycles. The van der Waals surface area contributed by atoms with Crippen LogP contribution in [0.2, 0.25) is 0 Å². The van der Waals surface area contributed by atoms with Crippen LogP contribution in [0.4, 0.5) is 5.69 Å². The number of amides is 1. The fourth-order valence-corrected chi connectivity index (χ4v) is 2.58. The molecular formula is C21H19NO2. The number of ether oxygens (including phenoxy) is 1. The van der Waals surface area contributed by atoms with Gasteiger partial charge >= 0.3 is 0 Å². The van der Waals surface area contributed by atoms with Crippen LogP contribution in [0.5, 0.6) is 5.75 Å². The van der Waals surface area contributed by atoms with Gasteiger partial charge in [0.2, 0.25) is 0 Å². The highest BCUT2D eigenvalue weighted by Crippen LogP contribution is 2.24. The Morgan fingerprint density at radius 3 is 2.21 bits per heavy atom. The van der Waals surface area contributed by atoms with Gasteiger partial charge in [0.15, 0.2) is 0 Å². The Morgan fingerprint density at radius 1 is 0.833 bits per heavy atom. The van der Waals surface area contributed by atoms with Gasteiger partial charge in [0.05, 0.1) is 7.11 Å². The van der Waals surface area contributed by atoms with E-state index in [4.69, 9.17) is 4.74 Å². The summed E-state index contributed by atoms with van der Waals surface area (Å²) in [6, 6.07) is 25.1. The number of hydrogen-bond donors (Lipinski definition) is 0. The Morgan fingerprint density at radius 2 is 1.54 bits per heavy atom. The van der Waals surface area contributed by atoms with Crippen LogP contribution in [0.1, 0.15) is 10.4 Å². The molecule has 0 fully saturated rings. The molecule has 3 rings (SSSR count). The molecule has 0 saturated carbocycles. The summed E-state index contributed by atoms with van der Waals surface area (Å²) in [5.41, 5.74) is 3.59. The molecule has 0 bridgehead atoms. The van der Waals surface area contributed by atoms with Gasteiger partial charge < -0.3 is 9.64 Å². The molecule has 3 aromatic carbocycles. The summed E-state index contributed by atoms with van der Waals surface area (Å²) in [6.07, 6.45) is 0. The normalized spacial score (nSPS) is 10.2. The van der Waals surface area contributed by atoms with Crippen molar-refractivity contribution in [3.8, 4) is 16.9 Å². The highest BCUT2D eigenvalue weighted by molar-refractivity contribution is 6.06. The quantitative estimate of drug-likeness (QED) is 0.701. The van der Waals surface area contributed by atoms with Crippen molar-refractivity contribution in [3.05, 3.63) is 84.4 Å². The first-order chi connectivity index (χ1) is 11.7. The molecule has 0 unspecified atom stereocenters. The third kappa shape index (κ3) is 3.30. The number of methoxy groups -OCH3 is 1. The smallest absolute Gasteiger partial charge is 0.258 e. The van der Waals surface area contributed by atoms with Crippen LogP contribution in [-0.2, 0) is 0 Å². The van der Waals surface area contributed by atoms with Gasteiger partial charge in [-0.1, -0.05) is 42.5 Å². The maximum atomic E-state index is 12.7. The highest BCUT2D eigenvalue weighted by Gasteiger charge is 2.13. The second-order valence-corrected chi connectivity index (χ2v) is 5.51. The van der Waals surface area contributed by atoms with Crippen molar-refractivity contribution in [2.45, 2.75) is 0 Å². The number of carbonyl (C=O) groups excluding carboxylic acids is 1. The van der Waals surface area contributed by atoms with Gasteiger partial charge in [-0.05, 0) is 47.5 Å². The highest BCUT2D eigenvalue weighted by atomic mass is 16.5. The lowest BCUT2D eigenvalue weighted by Gasteiger charge is -2.17. The lowest BCUT2D eigenvalue weighted by molar-refractivity contribution is 0.0993. The SMILES string of the molecule is COc1ccc(-c2cccc(C(=O)N(C)c3ccccc3)c2)cc1. The minimum Gasteiger partial charge on any atom is -0.497 e. The molecule has 1 amide bonds. The van der Waals surface area contributed by atoms with Crippen molar-refractivity contribution in [2.24, 2.45) is 0 Å². The standard InChI is InChI=1S/C21H19NO2/c1-22(19-9-4-3-5-10-19)21(23)18-8-6-7-17(15-18)16-11-13-20(24-2)14-12-16/h3-15H,1-2H3. The Hall–Kier alpha value is -3.07. The van der Waals surface area contributed by atoms with Gasteiger partial charge in [0.1, 0.15) is 5.75 Å². The van der Waals surface area contributed by atoms with Crippen molar-refractivity contribution in [1.29, 1.82) is 0 Å². The largest absolute Gasteiger partial charge is 0.497 e. The van der Waals surface area contributed by atoms with Gasteiger partial charge in [0.25, 0.3) is 5.91 Å². The molecular weight excluding hydrogens is 298 g/mol. The predicted octanol–water partition coefficient (Wildman–Crippen LogP) is 4.64. The van der Waals surface area contributed by atoms with Gasteiger partial charge in [-0.2, -0.15) is 0 Å². The lowest BCUT2D eigenvalue weighted by Crippen LogP contribution is -2.26. The van der Waals surface area contributed by atoms with E-state index < -0.39 is 0 Å². The summed E-state index contributed by atoms with van der Waals surface area (Å²) in [7, 11) is 3.44. The van der Waals surface area contributed by atoms with Crippen molar-refractivity contribution >= 4 is 11.6 Å². The zero-order chi connectivity index (χ0) is 16.9. The predicted molar refractivity (Wildman–Crippen MR) is 97.6 cm³/mol. The first-order valence-electron chi connectivity index (χ1n) is 7.76. The van der Waals surface area contributed by atoms with E-state index in [-0.39, 0.29) is 5.91 Å². The average Bonchev–Trinajstić information content (AvgIpc) is 2.67. The maximum Gasteiger partial charge on any atom is 0.258 e. The van der Waals surface area contributed by atoms with Crippen LogP contribution in [0.3, 0.4) is 0 Å². The molecule has 0 atom stereocenters. The zero-order valence-electron chi connectivity index (χ0n) is 13.8. The van der Waals surface area contributed by atoms with Crippen LogP contribution < -0.4 is 9.64 Å². The third-order valence-electron chi connectivity index (χ3n) is 3.98. The fraction of sp³-hybridized carbons (Fsp3) is 0.0952. The molecule has 120 valence electrons. The van der Waals surface area contributed by atoms with Crippen LogP contribution in [0.15, 0.2) is 78.9 Å². The van der Waals surface area contributed by atoms with E-state index in [9.17, 15) is 4.79 Å². The average molecular weight is 317 g/mol. The summed E-state index contributed by atoms with van der Waals surface area (Å²) < 4.78 is 5.19. The molecule has 0 aliphatic rings. The number of hydrogen-bond acceptors (Lipinski definition) is 2. The second-order valence-electron chi connectivity index (χ2n) is 5.51. The molecule has 3 nitrogen and oxygen atoms in total. The summed E-state index contributed by atoms with van der Waals surface area (Å²) in [5.74, 6) is 0.784. The molecule has 0 radical (unpaired) electrons. The number of carbonyl (C=O) groups is 1. The maximum absolute atomic E-state index is 12.7. The number of anilines is 1. The number of benzene rings is 3. The van der Waals surface area contributed by atoms with Gasteiger partial charge in [-0.25, -0.2) is 0 Å². The fourth-order valence-electron chi connectivity index (χ4n) is 2.58. The summed E-state index contributed by atoms with van der Waals surface area (Å²) in [4.78, 5) is 14.4. The monoisotopic (exact) mass is 317 g/mol. The summed E-state index contributed by atoms with van der Waals surface area (Å²) >= 11 is 0. The molecule has 0 N–H and O–H groups in total. The Balaban J connectivity index is 1.88. The number of para-hydroxylation sites is 1.